The number of nitro groups is 1. The van der Waals surface area contributed by atoms with Crippen LogP contribution in [0.3, 0.4) is 0 Å². The van der Waals surface area contributed by atoms with Gasteiger partial charge in [-0.1, -0.05) is 0 Å². The van der Waals surface area contributed by atoms with Crippen LogP contribution in [0.4, 0.5) is 15.8 Å². The second kappa shape index (κ2) is 5.76. The number of benzene rings is 1. The highest BCUT2D eigenvalue weighted by atomic mass is 19.1. The van der Waals surface area contributed by atoms with Gasteiger partial charge in [0.1, 0.15) is 11.4 Å². The molecule has 0 unspecified atom stereocenters. The van der Waals surface area contributed by atoms with Crippen molar-refractivity contribution in [2.24, 2.45) is 0 Å². The Kier molecular flexibility index (Phi) is 4.02. The van der Waals surface area contributed by atoms with E-state index in [1.165, 1.54) is 12.3 Å². The number of ether oxygens (including phenoxy) is 1. The summed E-state index contributed by atoms with van der Waals surface area (Å²) in [6.45, 7) is 1.68. The summed E-state index contributed by atoms with van der Waals surface area (Å²) in [5.41, 5.74) is 5.80. The number of nitrogens with zero attached hydrogens (tertiary/aromatic N) is 2. The number of hydrogen-bond acceptors (Lipinski definition) is 6. The predicted octanol–water partition coefficient (Wildman–Crippen LogP) is 2.47. The van der Waals surface area contributed by atoms with Crippen LogP contribution in [0, 0.1) is 22.9 Å². The van der Waals surface area contributed by atoms with Gasteiger partial charge in [0.15, 0.2) is 0 Å². The molecule has 1 aromatic heterocycles. The maximum Gasteiger partial charge on any atom is 0.344 e. The average Bonchev–Trinajstić information content (AvgIpc) is 2.48. The predicted molar refractivity (Wildman–Crippen MR) is 76.8 cm³/mol. The molecule has 0 saturated heterocycles. The number of aryl methyl sites for hydroxylation is 1. The molecule has 0 aliphatic carbocycles. The lowest BCUT2D eigenvalue weighted by molar-refractivity contribution is -0.385. The Bertz CT molecular complexity index is 777. The van der Waals surface area contributed by atoms with Crippen molar-refractivity contribution < 1.29 is 18.8 Å². The van der Waals surface area contributed by atoms with Gasteiger partial charge < -0.3 is 10.5 Å². The number of carbonyl (C=O) groups is 1. The standard InChI is InChI=1S/C14H12FN3O4/c1-7-12(16)3-8(6-17-7)9-5-13(18(20)21)10(4-11(9)15)14(19)22-2/h3-6H,16H2,1-2H3. The van der Waals surface area contributed by atoms with Crippen LogP contribution in [0.15, 0.2) is 24.4 Å². The van der Waals surface area contributed by atoms with Crippen molar-refractivity contribution in [2.75, 3.05) is 12.8 Å². The van der Waals surface area contributed by atoms with Crippen LogP contribution in [0.1, 0.15) is 16.1 Å². The van der Waals surface area contributed by atoms with E-state index in [2.05, 4.69) is 9.72 Å². The van der Waals surface area contributed by atoms with Gasteiger partial charge in [0.25, 0.3) is 5.69 Å². The molecule has 1 aromatic carbocycles. The molecule has 2 aromatic rings. The fraction of sp³-hybridized carbons (Fsp3) is 0.143. The molecule has 0 saturated carbocycles. The summed E-state index contributed by atoms with van der Waals surface area (Å²) < 4.78 is 18.6. The summed E-state index contributed by atoms with van der Waals surface area (Å²) in [6.07, 6.45) is 1.35. The highest BCUT2D eigenvalue weighted by Gasteiger charge is 2.25. The third-order valence-corrected chi connectivity index (χ3v) is 3.12. The maximum absolute atomic E-state index is 14.2. The van der Waals surface area contributed by atoms with Crippen molar-refractivity contribution in [3.63, 3.8) is 0 Å². The summed E-state index contributed by atoms with van der Waals surface area (Å²) in [7, 11) is 1.06. The van der Waals surface area contributed by atoms with E-state index in [1.807, 2.05) is 0 Å². The molecule has 22 heavy (non-hydrogen) atoms. The van der Waals surface area contributed by atoms with Gasteiger partial charge in [-0.25, -0.2) is 9.18 Å². The molecule has 1 heterocycles. The largest absolute Gasteiger partial charge is 0.465 e. The molecule has 0 amide bonds. The number of pyridine rings is 1. The molecule has 0 aliphatic rings. The van der Waals surface area contributed by atoms with Gasteiger partial charge in [-0.05, 0) is 19.1 Å². The highest BCUT2D eigenvalue weighted by molar-refractivity contribution is 5.95. The lowest BCUT2D eigenvalue weighted by atomic mass is 10.0. The molecule has 2 rings (SSSR count). The molecule has 0 radical (unpaired) electrons. The summed E-state index contributed by atoms with van der Waals surface area (Å²) in [5.74, 6) is -1.80. The minimum Gasteiger partial charge on any atom is -0.465 e. The summed E-state index contributed by atoms with van der Waals surface area (Å²) in [6, 6.07) is 3.20. The third-order valence-electron chi connectivity index (χ3n) is 3.12. The fourth-order valence-corrected chi connectivity index (χ4v) is 1.90. The first-order valence-corrected chi connectivity index (χ1v) is 6.14. The normalized spacial score (nSPS) is 10.3. The Morgan fingerprint density at radius 1 is 1.41 bits per heavy atom. The Labute approximate surface area is 124 Å². The zero-order chi connectivity index (χ0) is 16.4. The fourth-order valence-electron chi connectivity index (χ4n) is 1.90. The Morgan fingerprint density at radius 2 is 2.09 bits per heavy atom. The monoisotopic (exact) mass is 305 g/mol. The molecule has 114 valence electrons. The Morgan fingerprint density at radius 3 is 2.64 bits per heavy atom. The second-order valence-corrected chi connectivity index (χ2v) is 4.50. The van der Waals surface area contributed by atoms with Gasteiger partial charge in [-0.3, -0.25) is 15.1 Å². The molecule has 0 aliphatic heterocycles. The SMILES string of the molecule is COC(=O)c1cc(F)c(-c2cnc(C)c(N)c2)cc1[N+](=O)[O-]. The first-order valence-electron chi connectivity index (χ1n) is 6.14. The molecule has 7 nitrogen and oxygen atoms in total. The summed E-state index contributed by atoms with van der Waals surface area (Å²) in [4.78, 5) is 25.8. The first kappa shape index (κ1) is 15.4. The number of carbonyl (C=O) groups excluding carboxylic acids is 1. The van der Waals surface area contributed by atoms with Crippen LogP contribution in [0.2, 0.25) is 0 Å². The smallest absolute Gasteiger partial charge is 0.344 e. The van der Waals surface area contributed by atoms with Crippen molar-refractivity contribution in [1.29, 1.82) is 0 Å². The molecule has 8 heteroatoms. The van der Waals surface area contributed by atoms with Crippen LogP contribution in [0.25, 0.3) is 11.1 Å². The molecular formula is C14H12FN3O4. The lowest BCUT2D eigenvalue weighted by Gasteiger charge is -2.08. The maximum atomic E-state index is 14.2. The molecule has 0 atom stereocenters. The number of rotatable bonds is 3. The highest BCUT2D eigenvalue weighted by Crippen LogP contribution is 2.31. The quantitative estimate of drug-likeness (QED) is 0.530. The van der Waals surface area contributed by atoms with E-state index in [1.54, 1.807) is 6.92 Å². The molecule has 0 fully saturated rings. The lowest BCUT2D eigenvalue weighted by Crippen LogP contribution is -2.07. The molecular weight excluding hydrogens is 293 g/mol. The van der Waals surface area contributed by atoms with E-state index < -0.39 is 28.0 Å². The number of methoxy groups -OCH3 is 1. The zero-order valence-electron chi connectivity index (χ0n) is 11.8. The van der Waals surface area contributed by atoms with Crippen molar-refractivity contribution >= 4 is 17.3 Å². The number of nitro benzene ring substituents is 1. The van der Waals surface area contributed by atoms with Crippen LogP contribution >= 0.6 is 0 Å². The van der Waals surface area contributed by atoms with Crippen LogP contribution < -0.4 is 5.73 Å². The van der Waals surface area contributed by atoms with Gasteiger partial charge in [0.2, 0.25) is 0 Å². The summed E-state index contributed by atoms with van der Waals surface area (Å²) in [5, 5.41) is 11.1. The van der Waals surface area contributed by atoms with E-state index in [-0.39, 0.29) is 11.1 Å². The number of hydrogen-bond donors (Lipinski definition) is 1. The van der Waals surface area contributed by atoms with Crippen LogP contribution in [-0.2, 0) is 4.74 Å². The second-order valence-electron chi connectivity index (χ2n) is 4.50. The average molecular weight is 305 g/mol. The number of esters is 1. The van der Waals surface area contributed by atoms with Gasteiger partial charge >= 0.3 is 5.97 Å². The molecule has 0 bridgehead atoms. The van der Waals surface area contributed by atoms with Gasteiger partial charge in [0, 0.05) is 23.4 Å². The molecule has 0 spiro atoms. The third kappa shape index (κ3) is 2.71. The van der Waals surface area contributed by atoms with Gasteiger partial charge in [-0.2, -0.15) is 0 Å². The number of anilines is 1. The zero-order valence-corrected chi connectivity index (χ0v) is 11.8. The van der Waals surface area contributed by atoms with Crippen LogP contribution in [0.5, 0.6) is 0 Å². The van der Waals surface area contributed by atoms with Crippen molar-refractivity contribution in [3.05, 3.63) is 51.6 Å². The van der Waals surface area contributed by atoms with E-state index >= 15 is 0 Å². The van der Waals surface area contributed by atoms with Crippen molar-refractivity contribution in [2.45, 2.75) is 6.92 Å². The molecule has 2 N–H and O–H groups in total. The Balaban J connectivity index is 2.67. The van der Waals surface area contributed by atoms with E-state index in [0.29, 0.717) is 11.4 Å². The number of nitrogens with two attached hydrogens (primary N) is 1. The van der Waals surface area contributed by atoms with Crippen molar-refractivity contribution in [1.82, 2.24) is 4.98 Å². The van der Waals surface area contributed by atoms with Gasteiger partial charge in [0.05, 0.1) is 23.4 Å². The van der Waals surface area contributed by atoms with Crippen molar-refractivity contribution in [3.8, 4) is 11.1 Å². The van der Waals surface area contributed by atoms with E-state index in [4.69, 9.17) is 5.73 Å². The van der Waals surface area contributed by atoms with Crippen LogP contribution in [-0.4, -0.2) is 23.0 Å². The van der Waals surface area contributed by atoms with Gasteiger partial charge in [-0.15, -0.1) is 0 Å². The topological polar surface area (TPSA) is 108 Å². The number of halogens is 1. The summed E-state index contributed by atoms with van der Waals surface area (Å²) >= 11 is 0. The Hall–Kier alpha value is -3.03. The minimum atomic E-state index is -0.987. The minimum absolute atomic E-state index is 0.0708. The first-order chi connectivity index (χ1) is 10.3. The van der Waals surface area contributed by atoms with E-state index in [0.717, 1.165) is 19.2 Å². The number of nitrogen functional groups attached to an aromatic ring is 1. The van der Waals surface area contributed by atoms with E-state index in [9.17, 15) is 19.3 Å². The number of aromatic nitrogens is 1.